The second-order valence-corrected chi connectivity index (χ2v) is 3.37. The minimum atomic E-state index is -0.190. The minimum Gasteiger partial charge on any atom is -0.345 e. The van der Waals surface area contributed by atoms with Crippen molar-refractivity contribution in [1.29, 1.82) is 0 Å². The topological polar surface area (TPSA) is 21.6 Å². The molecule has 2 nitrogen and oxygen atoms in total. The van der Waals surface area contributed by atoms with Gasteiger partial charge >= 0.3 is 0 Å². The Kier molecular flexibility index (Phi) is 2.89. The average molecular weight is 169 g/mol. The first-order valence-corrected chi connectivity index (χ1v) is 4.94. The molecule has 1 rings (SSSR count). The normalized spacial score (nSPS) is 27.3. The van der Waals surface area contributed by atoms with Crippen molar-refractivity contribution >= 4 is 5.71 Å². The molecule has 0 aromatic carbocycles. The molecular formula is C10H19NO. The fraction of sp³-hybridized carbons (Fsp3) is 0.900. The summed E-state index contributed by atoms with van der Waals surface area (Å²) in [5.41, 5.74) is 1.03. The molecule has 0 saturated heterocycles. The summed E-state index contributed by atoms with van der Waals surface area (Å²) in [5, 5.41) is 0. The largest absolute Gasteiger partial charge is 0.345 e. The summed E-state index contributed by atoms with van der Waals surface area (Å²) in [6.45, 7) is 8.51. The summed E-state index contributed by atoms with van der Waals surface area (Å²) in [5.74, 6) is 0. The van der Waals surface area contributed by atoms with Crippen LogP contribution in [0.2, 0.25) is 0 Å². The molecule has 0 amide bonds. The van der Waals surface area contributed by atoms with Crippen LogP contribution in [0.1, 0.15) is 47.0 Å². The maximum Gasteiger partial charge on any atom is 0.159 e. The smallest absolute Gasteiger partial charge is 0.159 e. The third-order valence-electron chi connectivity index (χ3n) is 2.68. The predicted octanol–water partition coefficient (Wildman–Crippen LogP) is 2.77. The van der Waals surface area contributed by atoms with E-state index >= 15 is 0 Å². The standard InChI is InChI=1S/C10H19NO/c1-5-9-8(4)12-10(6-2,7-3)11-9/h8H,5-7H2,1-4H3. The molecule has 0 fully saturated rings. The van der Waals surface area contributed by atoms with Crippen LogP contribution in [0.15, 0.2) is 4.99 Å². The van der Waals surface area contributed by atoms with E-state index in [0.29, 0.717) is 0 Å². The molecule has 0 radical (unpaired) electrons. The molecule has 1 heterocycles. The minimum absolute atomic E-state index is 0.190. The van der Waals surface area contributed by atoms with Gasteiger partial charge in [-0.1, -0.05) is 20.8 Å². The fourth-order valence-corrected chi connectivity index (χ4v) is 1.72. The molecule has 1 aliphatic rings. The van der Waals surface area contributed by atoms with E-state index in [-0.39, 0.29) is 11.8 Å². The first-order chi connectivity index (χ1) is 5.67. The van der Waals surface area contributed by atoms with Gasteiger partial charge in [0, 0.05) is 5.71 Å². The highest BCUT2D eigenvalue weighted by molar-refractivity contribution is 5.89. The van der Waals surface area contributed by atoms with Crippen molar-refractivity contribution in [3.05, 3.63) is 0 Å². The number of hydrogen-bond donors (Lipinski definition) is 0. The molecule has 0 saturated carbocycles. The number of nitrogens with zero attached hydrogens (tertiary/aromatic N) is 1. The van der Waals surface area contributed by atoms with Crippen molar-refractivity contribution in [2.24, 2.45) is 4.99 Å². The number of aliphatic imine (C=N–C) groups is 1. The van der Waals surface area contributed by atoms with Crippen molar-refractivity contribution < 1.29 is 4.74 Å². The van der Waals surface area contributed by atoms with E-state index in [4.69, 9.17) is 4.74 Å². The highest BCUT2D eigenvalue weighted by atomic mass is 16.5. The van der Waals surface area contributed by atoms with Crippen molar-refractivity contribution in [1.82, 2.24) is 0 Å². The molecule has 2 heteroatoms. The summed E-state index contributed by atoms with van der Waals surface area (Å²) in [6, 6.07) is 0. The maximum absolute atomic E-state index is 5.85. The van der Waals surface area contributed by atoms with Gasteiger partial charge in [0.25, 0.3) is 0 Å². The average Bonchev–Trinajstić information content (AvgIpc) is 2.43. The van der Waals surface area contributed by atoms with Gasteiger partial charge in [-0.15, -0.1) is 0 Å². The first-order valence-electron chi connectivity index (χ1n) is 4.94. The zero-order valence-corrected chi connectivity index (χ0v) is 8.55. The molecule has 12 heavy (non-hydrogen) atoms. The van der Waals surface area contributed by atoms with E-state index in [1.54, 1.807) is 0 Å². The van der Waals surface area contributed by atoms with E-state index in [1.165, 1.54) is 5.71 Å². The summed E-state index contributed by atoms with van der Waals surface area (Å²) in [4.78, 5) is 4.65. The van der Waals surface area contributed by atoms with Gasteiger partial charge in [-0.3, -0.25) is 4.99 Å². The van der Waals surface area contributed by atoms with Gasteiger partial charge in [0.05, 0.1) is 6.10 Å². The summed E-state index contributed by atoms with van der Waals surface area (Å²) < 4.78 is 5.85. The number of rotatable bonds is 3. The van der Waals surface area contributed by atoms with Crippen LogP contribution >= 0.6 is 0 Å². The van der Waals surface area contributed by atoms with Gasteiger partial charge in [0.2, 0.25) is 0 Å². The van der Waals surface area contributed by atoms with E-state index in [9.17, 15) is 0 Å². The van der Waals surface area contributed by atoms with Crippen LogP contribution in [0.4, 0.5) is 0 Å². The molecule has 1 atom stereocenters. The molecule has 1 aliphatic heterocycles. The lowest BCUT2D eigenvalue weighted by Gasteiger charge is -2.23. The highest BCUT2D eigenvalue weighted by Crippen LogP contribution is 2.30. The second kappa shape index (κ2) is 3.56. The Labute approximate surface area is 75.0 Å². The number of hydrogen-bond acceptors (Lipinski definition) is 2. The Morgan fingerprint density at radius 1 is 1.33 bits per heavy atom. The van der Waals surface area contributed by atoms with Gasteiger partial charge in [-0.2, -0.15) is 0 Å². The Morgan fingerprint density at radius 3 is 2.17 bits per heavy atom. The molecule has 0 N–H and O–H groups in total. The highest BCUT2D eigenvalue weighted by Gasteiger charge is 2.35. The summed E-state index contributed by atoms with van der Waals surface area (Å²) in [6.07, 6.45) is 3.22. The van der Waals surface area contributed by atoms with Crippen LogP contribution in [0.25, 0.3) is 0 Å². The Morgan fingerprint density at radius 2 is 1.92 bits per heavy atom. The molecule has 0 spiro atoms. The maximum atomic E-state index is 5.85. The summed E-state index contributed by atoms with van der Waals surface area (Å²) >= 11 is 0. The lowest BCUT2D eigenvalue weighted by atomic mass is 10.1. The van der Waals surface area contributed by atoms with Crippen molar-refractivity contribution in [2.45, 2.75) is 58.8 Å². The Bertz CT molecular complexity index is 182. The molecular weight excluding hydrogens is 150 g/mol. The van der Waals surface area contributed by atoms with Crippen LogP contribution in [0, 0.1) is 0 Å². The molecule has 0 aliphatic carbocycles. The lowest BCUT2D eigenvalue weighted by molar-refractivity contribution is -0.0412. The van der Waals surface area contributed by atoms with Gasteiger partial charge in [-0.05, 0) is 26.2 Å². The summed E-state index contributed by atoms with van der Waals surface area (Å²) in [7, 11) is 0. The zero-order chi connectivity index (χ0) is 9.19. The van der Waals surface area contributed by atoms with Crippen molar-refractivity contribution in [3.8, 4) is 0 Å². The van der Waals surface area contributed by atoms with E-state index in [0.717, 1.165) is 19.3 Å². The van der Waals surface area contributed by atoms with Crippen LogP contribution in [0.5, 0.6) is 0 Å². The zero-order valence-electron chi connectivity index (χ0n) is 8.55. The molecule has 0 aromatic heterocycles. The van der Waals surface area contributed by atoms with Crippen LogP contribution in [-0.2, 0) is 4.74 Å². The second-order valence-electron chi connectivity index (χ2n) is 3.37. The molecule has 0 bridgehead atoms. The molecule has 0 aromatic rings. The first kappa shape index (κ1) is 9.72. The Hall–Kier alpha value is -0.370. The van der Waals surface area contributed by atoms with Crippen LogP contribution in [-0.4, -0.2) is 17.5 Å². The van der Waals surface area contributed by atoms with Gasteiger partial charge < -0.3 is 4.74 Å². The quantitative estimate of drug-likeness (QED) is 0.636. The third kappa shape index (κ3) is 1.53. The predicted molar refractivity (Wildman–Crippen MR) is 51.6 cm³/mol. The molecule has 1 unspecified atom stereocenters. The van der Waals surface area contributed by atoms with Crippen LogP contribution in [0.3, 0.4) is 0 Å². The van der Waals surface area contributed by atoms with E-state index in [2.05, 4.69) is 32.7 Å². The molecule has 70 valence electrons. The lowest BCUT2D eigenvalue weighted by Crippen LogP contribution is -2.26. The van der Waals surface area contributed by atoms with E-state index < -0.39 is 0 Å². The van der Waals surface area contributed by atoms with Gasteiger partial charge in [0.15, 0.2) is 5.72 Å². The van der Waals surface area contributed by atoms with Crippen LogP contribution < -0.4 is 0 Å². The van der Waals surface area contributed by atoms with Gasteiger partial charge in [-0.25, -0.2) is 0 Å². The van der Waals surface area contributed by atoms with E-state index in [1.807, 2.05) is 0 Å². The number of ether oxygens (including phenoxy) is 1. The third-order valence-corrected chi connectivity index (χ3v) is 2.68. The Balaban J connectivity index is 2.78. The van der Waals surface area contributed by atoms with Crippen molar-refractivity contribution in [3.63, 3.8) is 0 Å². The monoisotopic (exact) mass is 169 g/mol. The van der Waals surface area contributed by atoms with Crippen molar-refractivity contribution in [2.75, 3.05) is 0 Å². The SMILES string of the molecule is CCC1=NC(CC)(CC)OC1C. The fourth-order valence-electron chi connectivity index (χ4n) is 1.72. The van der Waals surface area contributed by atoms with Gasteiger partial charge in [0.1, 0.15) is 0 Å².